The highest BCUT2D eigenvalue weighted by Gasteiger charge is 2.29. The molecule has 0 aromatic carbocycles. The summed E-state index contributed by atoms with van der Waals surface area (Å²) < 4.78 is 0. The van der Waals surface area contributed by atoms with Crippen LogP contribution in [0.25, 0.3) is 0 Å². The molecule has 1 aliphatic carbocycles. The number of anilines is 1. The van der Waals surface area contributed by atoms with Gasteiger partial charge in [0.25, 0.3) is 0 Å². The minimum Gasteiger partial charge on any atom is -0.409 e. The average Bonchev–Trinajstić information content (AvgIpc) is 2.35. The first-order valence-electron chi connectivity index (χ1n) is 6.77. The van der Waals surface area contributed by atoms with Gasteiger partial charge in [0.15, 0.2) is 5.84 Å². The average molecular weight is 278 g/mol. The fraction of sp³-hybridized carbons (Fsp3) is 0.571. The van der Waals surface area contributed by atoms with Crippen molar-refractivity contribution in [2.75, 3.05) is 18.5 Å². The molecule has 6 heteroatoms. The highest BCUT2D eigenvalue weighted by molar-refractivity contribution is 6.03. The first-order chi connectivity index (χ1) is 9.42. The van der Waals surface area contributed by atoms with Crippen LogP contribution in [0.4, 0.5) is 5.69 Å². The zero-order valence-corrected chi connectivity index (χ0v) is 12.2. The van der Waals surface area contributed by atoms with Crippen LogP contribution in [-0.2, 0) is 0 Å². The first kappa shape index (κ1) is 14.6. The Labute approximate surface area is 118 Å². The molecule has 1 aromatic heterocycles. The van der Waals surface area contributed by atoms with Gasteiger partial charge < -0.3 is 20.9 Å². The molecule has 110 valence electrons. The summed E-state index contributed by atoms with van der Waals surface area (Å²) in [6.45, 7) is 4.62. The summed E-state index contributed by atoms with van der Waals surface area (Å²) in [4.78, 5) is 6.46. The fourth-order valence-corrected chi connectivity index (χ4v) is 2.81. The van der Waals surface area contributed by atoms with E-state index in [0.717, 1.165) is 36.5 Å². The lowest BCUT2D eigenvalue weighted by Gasteiger charge is -2.36. The standard InChI is InChI=1S/C14H22N4O2/c1-8-4-12(13(9(2)16-8)14(15)17-20)18(3)7-10-5-11(19)6-10/h4,10-11,19-20H,5-7H2,1-3H3,(H2,15,17). The highest BCUT2D eigenvalue weighted by Crippen LogP contribution is 2.30. The Hall–Kier alpha value is -1.82. The van der Waals surface area contributed by atoms with Crippen LogP contribution < -0.4 is 10.6 Å². The number of nitrogens with two attached hydrogens (primary N) is 1. The molecular weight excluding hydrogens is 256 g/mol. The van der Waals surface area contributed by atoms with E-state index in [4.69, 9.17) is 10.9 Å². The second-order valence-electron chi connectivity index (χ2n) is 5.60. The van der Waals surface area contributed by atoms with Crippen molar-refractivity contribution >= 4 is 11.5 Å². The molecule has 0 saturated heterocycles. The summed E-state index contributed by atoms with van der Waals surface area (Å²) >= 11 is 0. The Morgan fingerprint density at radius 2 is 2.15 bits per heavy atom. The van der Waals surface area contributed by atoms with E-state index < -0.39 is 0 Å². The van der Waals surface area contributed by atoms with Gasteiger partial charge in [-0.3, -0.25) is 4.98 Å². The summed E-state index contributed by atoms with van der Waals surface area (Å²) in [5.74, 6) is 0.564. The zero-order valence-electron chi connectivity index (χ0n) is 12.2. The number of hydrogen-bond acceptors (Lipinski definition) is 5. The molecule has 6 nitrogen and oxygen atoms in total. The van der Waals surface area contributed by atoms with Crippen LogP contribution in [0.1, 0.15) is 29.8 Å². The largest absolute Gasteiger partial charge is 0.409 e. The molecule has 4 N–H and O–H groups in total. The lowest BCUT2D eigenvalue weighted by atomic mass is 9.82. The highest BCUT2D eigenvalue weighted by atomic mass is 16.4. The Kier molecular flexibility index (Phi) is 4.13. The molecule has 0 bridgehead atoms. The summed E-state index contributed by atoms with van der Waals surface area (Å²) in [7, 11) is 1.98. The molecule has 1 fully saturated rings. The number of pyridine rings is 1. The third-order valence-corrected chi connectivity index (χ3v) is 3.83. The van der Waals surface area contributed by atoms with Gasteiger partial charge in [0.05, 0.1) is 23.0 Å². The Balaban J connectivity index is 2.29. The topological polar surface area (TPSA) is 95.0 Å². The number of aliphatic hydroxyl groups is 1. The van der Waals surface area contributed by atoms with Crippen LogP contribution in [0.2, 0.25) is 0 Å². The Morgan fingerprint density at radius 1 is 1.50 bits per heavy atom. The number of aryl methyl sites for hydroxylation is 2. The number of oxime groups is 1. The normalized spacial score (nSPS) is 22.5. The molecule has 1 saturated carbocycles. The molecule has 0 radical (unpaired) electrons. The number of aliphatic hydroxyl groups excluding tert-OH is 1. The van der Waals surface area contributed by atoms with E-state index in [0.29, 0.717) is 11.5 Å². The zero-order chi connectivity index (χ0) is 14.9. The number of amidine groups is 1. The molecule has 0 aliphatic heterocycles. The molecule has 1 aromatic rings. The van der Waals surface area contributed by atoms with E-state index in [1.54, 1.807) is 0 Å². The Morgan fingerprint density at radius 3 is 2.70 bits per heavy atom. The van der Waals surface area contributed by atoms with Crippen molar-refractivity contribution in [3.05, 3.63) is 23.0 Å². The van der Waals surface area contributed by atoms with Crippen molar-refractivity contribution in [2.45, 2.75) is 32.8 Å². The van der Waals surface area contributed by atoms with Gasteiger partial charge in [0.2, 0.25) is 0 Å². The molecule has 0 unspecified atom stereocenters. The predicted molar refractivity (Wildman–Crippen MR) is 78.2 cm³/mol. The maximum absolute atomic E-state index is 9.37. The van der Waals surface area contributed by atoms with Gasteiger partial charge in [0, 0.05) is 19.3 Å². The van der Waals surface area contributed by atoms with Crippen LogP contribution in [-0.4, -0.2) is 40.8 Å². The smallest absolute Gasteiger partial charge is 0.174 e. The van der Waals surface area contributed by atoms with Gasteiger partial charge in [-0.05, 0) is 38.7 Å². The minimum absolute atomic E-state index is 0.0745. The summed E-state index contributed by atoms with van der Waals surface area (Å²) in [6, 6.07) is 1.94. The molecule has 0 atom stereocenters. The SMILES string of the molecule is Cc1cc(N(C)CC2CC(O)C2)c(/C(N)=N/O)c(C)n1. The lowest BCUT2D eigenvalue weighted by Crippen LogP contribution is -2.38. The number of aromatic nitrogens is 1. The van der Waals surface area contributed by atoms with Crippen molar-refractivity contribution in [1.82, 2.24) is 4.98 Å². The van der Waals surface area contributed by atoms with E-state index >= 15 is 0 Å². The molecule has 0 amide bonds. The predicted octanol–water partition coefficient (Wildman–Crippen LogP) is 1.00. The third-order valence-electron chi connectivity index (χ3n) is 3.83. The summed E-state index contributed by atoms with van der Waals surface area (Å²) in [5.41, 5.74) is 8.99. The van der Waals surface area contributed by atoms with Gasteiger partial charge in [-0.15, -0.1) is 0 Å². The Bertz CT molecular complexity index is 524. The van der Waals surface area contributed by atoms with Crippen molar-refractivity contribution in [3.8, 4) is 0 Å². The van der Waals surface area contributed by atoms with Crippen LogP contribution in [0.15, 0.2) is 11.2 Å². The van der Waals surface area contributed by atoms with Crippen LogP contribution in [0, 0.1) is 19.8 Å². The van der Waals surface area contributed by atoms with E-state index in [1.165, 1.54) is 0 Å². The lowest BCUT2D eigenvalue weighted by molar-refractivity contribution is 0.0465. The van der Waals surface area contributed by atoms with Gasteiger partial charge in [0.1, 0.15) is 0 Å². The first-order valence-corrected chi connectivity index (χ1v) is 6.77. The van der Waals surface area contributed by atoms with Gasteiger partial charge in [-0.2, -0.15) is 0 Å². The molecular formula is C14H22N4O2. The minimum atomic E-state index is -0.155. The molecule has 2 rings (SSSR count). The molecule has 0 spiro atoms. The maximum Gasteiger partial charge on any atom is 0.174 e. The summed E-state index contributed by atoms with van der Waals surface area (Å²) in [6.07, 6.45) is 1.52. The van der Waals surface area contributed by atoms with E-state index in [9.17, 15) is 5.11 Å². The van der Waals surface area contributed by atoms with Crippen LogP contribution >= 0.6 is 0 Å². The number of rotatable bonds is 4. The second-order valence-corrected chi connectivity index (χ2v) is 5.60. The van der Waals surface area contributed by atoms with Crippen LogP contribution in [0.5, 0.6) is 0 Å². The molecule has 1 heterocycles. The fourth-order valence-electron chi connectivity index (χ4n) is 2.81. The van der Waals surface area contributed by atoms with Gasteiger partial charge >= 0.3 is 0 Å². The van der Waals surface area contributed by atoms with E-state index in [-0.39, 0.29) is 11.9 Å². The number of hydrogen-bond donors (Lipinski definition) is 3. The van der Waals surface area contributed by atoms with Gasteiger partial charge in [-0.25, -0.2) is 0 Å². The second kappa shape index (κ2) is 5.66. The third kappa shape index (κ3) is 2.85. The van der Waals surface area contributed by atoms with Gasteiger partial charge in [-0.1, -0.05) is 5.16 Å². The van der Waals surface area contributed by atoms with Crippen LogP contribution in [0.3, 0.4) is 0 Å². The van der Waals surface area contributed by atoms with Crippen molar-refractivity contribution in [1.29, 1.82) is 0 Å². The quantitative estimate of drug-likeness (QED) is 0.330. The summed E-state index contributed by atoms with van der Waals surface area (Å²) in [5, 5.41) is 21.4. The maximum atomic E-state index is 9.37. The monoisotopic (exact) mass is 278 g/mol. The van der Waals surface area contributed by atoms with Crippen molar-refractivity contribution in [3.63, 3.8) is 0 Å². The van der Waals surface area contributed by atoms with Crippen molar-refractivity contribution < 1.29 is 10.3 Å². The molecule has 1 aliphatic rings. The van der Waals surface area contributed by atoms with E-state index in [2.05, 4.69) is 15.0 Å². The van der Waals surface area contributed by atoms with Crippen molar-refractivity contribution in [2.24, 2.45) is 16.8 Å². The van der Waals surface area contributed by atoms with E-state index in [1.807, 2.05) is 27.0 Å². The number of nitrogens with zero attached hydrogens (tertiary/aromatic N) is 3. The molecule has 20 heavy (non-hydrogen) atoms.